The Labute approximate surface area is 211 Å². The van der Waals surface area contributed by atoms with Gasteiger partial charge < -0.3 is 20.8 Å². The summed E-state index contributed by atoms with van der Waals surface area (Å²) in [5.74, 6) is 0.378. The van der Waals surface area contributed by atoms with E-state index < -0.39 is 5.41 Å². The lowest BCUT2D eigenvalue weighted by molar-refractivity contribution is -0.120. The Balaban J connectivity index is 1.82. The summed E-state index contributed by atoms with van der Waals surface area (Å²) in [5, 5.41) is 21.1. The van der Waals surface area contributed by atoms with E-state index in [9.17, 15) is 15.0 Å². The molecule has 4 aromatic rings. The van der Waals surface area contributed by atoms with Crippen molar-refractivity contribution in [3.63, 3.8) is 0 Å². The molecular weight excluding hydrogens is 448 g/mol. The molecule has 4 aromatic carbocycles. The molecular formula is C31H30N2O3. The Morgan fingerprint density at radius 1 is 0.750 bits per heavy atom. The molecule has 0 unspecified atom stereocenters. The molecule has 4 N–H and O–H groups in total. The Bertz CT molecular complexity index is 1400. The van der Waals surface area contributed by atoms with Crippen LogP contribution in [0, 0.1) is 27.7 Å². The van der Waals surface area contributed by atoms with Gasteiger partial charge in [-0.05, 0) is 84.8 Å². The number of phenols is 2. The number of anilines is 2. The van der Waals surface area contributed by atoms with Crippen LogP contribution in [-0.4, -0.2) is 16.1 Å². The van der Waals surface area contributed by atoms with Gasteiger partial charge >= 0.3 is 0 Å². The zero-order valence-electron chi connectivity index (χ0n) is 21.0. The summed E-state index contributed by atoms with van der Waals surface area (Å²) in [6, 6.07) is 23.1. The molecule has 0 fully saturated rings. The lowest BCUT2D eigenvalue weighted by Gasteiger charge is -2.32. The molecule has 5 rings (SSSR count). The highest BCUT2D eigenvalue weighted by Gasteiger charge is 2.53. The minimum Gasteiger partial charge on any atom is -0.507 e. The molecule has 0 saturated carbocycles. The molecule has 182 valence electrons. The Kier molecular flexibility index (Phi) is 5.51. The number of nitrogen functional groups attached to an aromatic ring is 1. The predicted molar refractivity (Wildman–Crippen MR) is 144 cm³/mol. The van der Waals surface area contributed by atoms with Crippen LogP contribution in [0.2, 0.25) is 0 Å². The maximum absolute atomic E-state index is 14.7. The van der Waals surface area contributed by atoms with Gasteiger partial charge in [0.15, 0.2) is 0 Å². The van der Waals surface area contributed by atoms with Gasteiger partial charge in [-0.2, -0.15) is 0 Å². The maximum atomic E-state index is 14.7. The smallest absolute Gasteiger partial charge is 0.247 e. The van der Waals surface area contributed by atoms with Crippen LogP contribution in [0.4, 0.5) is 11.4 Å². The molecule has 0 radical (unpaired) electrons. The number of carbonyl (C=O) groups is 1. The second kappa shape index (κ2) is 8.45. The van der Waals surface area contributed by atoms with E-state index in [0.717, 1.165) is 27.9 Å². The first kappa shape index (κ1) is 23.5. The third kappa shape index (κ3) is 3.42. The third-order valence-electron chi connectivity index (χ3n) is 7.33. The van der Waals surface area contributed by atoms with Crippen LogP contribution in [0.3, 0.4) is 0 Å². The summed E-state index contributed by atoms with van der Waals surface area (Å²) >= 11 is 0. The first-order chi connectivity index (χ1) is 17.1. The van der Waals surface area contributed by atoms with E-state index in [-0.39, 0.29) is 17.4 Å². The van der Waals surface area contributed by atoms with Crippen LogP contribution in [0.15, 0.2) is 72.8 Å². The van der Waals surface area contributed by atoms with Crippen LogP contribution in [0.25, 0.3) is 0 Å². The van der Waals surface area contributed by atoms with Gasteiger partial charge in [-0.3, -0.25) is 4.79 Å². The maximum Gasteiger partial charge on any atom is 0.247 e. The molecule has 0 atom stereocenters. The van der Waals surface area contributed by atoms with Crippen molar-refractivity contribution in [2.45, 2.75) is 39.7 Å². The first-order valence-electron chi connectivity index (χ1n) is 12.0. The second-order valence-corrected chi connectivity index (χ2v) is 9.82. The molecule has 0 saturated heterocycles. The van der Waals surface area contributed by atoms with Gasteiger partial charge in [0.25, 0.3) is 0 Å². The van der Waals surface area contributed by atoms with Gasteiger partial charge in [-0.25, -0.2) is 0 Å². The number of rotatable bonds is 4. The van der Waals surface area contributed by atoms with Gasteiger partial charge in [-0.15, -0.1) is 0 Å². The van der Waals surface area contributed by atoms with Crippen molar-refractivity contribution < 1.29 is 15.0 Å². The number of amides is 1. The first-order valence-corrected chi connectivity index (χ1v) is 12.0. The van der Waals surface area contributed by atoms with Gasteiger partial charge in [0, 0.05) is 16.9 Å². The van der Waals surface area contributed by atoms with Gasteiger partial charge in [0.2, 0.25) is 5.91 Å². The Morgan fingerprint density at radius 3 is 1.72 bits per heavy atom. The quantitative estimate of drug-likeness (QED) is 0.324. The molecule has 0 aromatic heterocycles. The summed E-state index contributed by atoms with van der Waals surface area (Å²) in [4.78, 5) is 16.6. The molecule has 36 heavy (non-hydrogen) atoms. The van der Waals surface area contributed by atoms with Crippen molar-refractivity contribution in [1.82, 2.24) is 0 Å². The number of aromatic hydroxyl groups is 2. The van der Waals surface area contributed by atoms with Crippen molar-refractivity contribution >= 4 is 17.3 Å². The minimum absolute atomic E-state index is 0.0745. The molecule has 1 amide bonds. The predicted octanol–water partition coefficient (Wildman–Crippen LogP) is 5.79. The number of hydrogen-bond donors (Lipinski definition) is 3. The van der Waals surface area contributed by atoms with E-state index >= 15 is 0 Å². The molecule has 5 nitrogen and oxygen atoms in total. The van der Waals surface area contributed by atoms with Crippen molar-refractivity contribution in [3.05, 3.63) is 117 Å². The molecule has 1 heterocycles. The summed E-state index contributed by atoms with van der Waals surface area (Å²) in [5.41, 5.74) is 12.5. The number of aryl methyl sites for hydroxylation is 4. The zero-order valence-corrected chi connectivity index (χ0v) is 21.0. The van der Waals surface area contributed by atoms with E-state index in [1.54, 1.807) is 0 Å². The number of hydrogen-bond acceptors (Lipinski definition) is 4. The number of carbonyl (C=O) groups excluding carboxylic acids is 1. The van der Waals surface area contributed by atoms with E-state index in [4.69, 9.17) is 5.73 Å². The summed E-state index contributed by atoms with van der Waals surface area (Å²) in [6.45, 7) is 7.80. The van der Waals surface area contributed by atoms with Gasteiger partial charge in [0.05, 0.1) is 6.54 Å². The number of para-hydroxylation sites is 1. The number of phenolic OH excluding ortho intramolecular Hbond substituents is 2. The lowest BCUT2D eigenvalue weighted by Crippen LogP contribution is -2.42. The van der Waals surface area contributed by atoms with Crippen molar-refractivity contribution in [2.75, 3.05) is 10.6 Å². The largest absolute Gasteiger partial charge is 0.507 e. The van der Waals surface area contributed by atoms with Crippen LogP contribution in [0.5, 0.6) is 11.5 Å². The average Bonchev–Trinajstić information content (AvgIpc) is 3.10. The summed E-state index contributed by atoms with van der Waals surface area (Å²) in [6.07, 6.45) is 0. The molecule has 0 spiro atoms. The van der Waals surface area contributed by atoms with Crippen molar-refractivity contribution in [3.8, 4) is 11.5 Å². The number of fused-ring (bicyclic) bond motifs is 1. The molecule has 5 heteroatoms. The molecule has 0 bridgehead atoms. The van der Waals surface area contributed by atoms with Crippen LogP contribution >= 0.6 is 0 Å². The summed E-state index contributed by atoms with van der Waals surface area (Å²) in [7, 11) is 0. The SMILES string of the molecule is Cc1cc(C2(c3cc(C)c(O)c(C)c3)C(=O)N(Cc3ccc(N)cc3)c3ccccc32)cc(C)c1O. The molecule has 1 aliphatic heterocycles. The topological polar surface area (TPSA) is 86.8 Å². The number of nitrogens with two attached hydrogens (primary N) is 1. The Hall–Kier alpha value is -4.25. The zero-order chi connectivity index (χ0) is 25.8. The van der Waals surface area contributed by atoms with E-state index in [1.165, 1.54) is 0 Å². The monoisotopic (exact) mass is 478 g/mol. The second-order valence-electron chi connectivity index (χ2n) is 9.82. The number of nitrogens with zero attached hydrogens (tertiary/aromatic N) is 1. The van der Waals surface area contributed by atoms with E-state index in [1.807, 2.05) is 105 Å². The third-order valence-corrected chi connectivity index (χ3v) is 7.33. The van der Waals surface area contributed by atoms with Crippen molar-refractivity contribution in [1.29, 1.82) is 0 Å². The lowest BCUT2D eigenvalue weighted by atomic mass is 9.69. The highest BCUT2D eigenvalue weighted by atomic mass is 16.3. The molecule has 0 aliphatic carbocycles. The summed E-state index contributed by atoms with van der Waals surface area (Å²) < 4.78 is 0. The van der Waals surface area contributed by atoms with Gasteiger partial charge in [-0.1, -0.05) is 54.6 Å². The average molecular weight is 479 g/mol. The fourth-order valence-corrected chi connectivity index (χ4v) is 5.49. The van der Waals surface area contributed by atoms with Crippen LogP contribution < -0.4 is 10.6 Å². The van der Waals surface area contributed by atoms with E-state index in [2.05, 4.69) is 0 Å². The standard InChI is InChI=1S/C31H30N2O3/c1-18-13-23(14-19(2)28(18)34)31(24-15-20(3)29(35)21(4)16-24)26-7-5-6-8-27(26)33(30(31)36)17-22-9-11-25(32)12-10-22/h5-16,34-35H,17,32H2,1-4H3. The van der Waals surface area contributed by atoms with Crippen LogP contribution in [0.1, 0.15) is 44.5 Å². The normalized spacial score (nSPS) is 14.2. The fourth-order valence-electron chi connectivity index (χ4n) is 5.49. The molecule has 1 aliphatic rings. The van der Waals surface area contributed by atoms with Gasteiger partial charge in [0.1, 0.15) is 16.9 Å². The fraction of sp³-hybridized carbons (Fsp3) is 0.194. The highest BCUT2D eigenvalue weighted by molar-refractivity contribution is 6.13. The number of benzene rings is 4. The van der Waals surface area contributed by atoms with Crippen LogP contribution in [-0.2, 0) is 16.8 Å². The highest BCUT2D eigenvalue weighted by Crippen LogP contribution is 2.52. The Morgan fingerprint density at radius 2 is 1.22 bits per heavy atom. The van der Waals surface area contributed by atoms with Crippen molar-refractivity contribution in [2.24, 2.45) is 0 Å². The van der Waals surface area contributed by atoms with E-state index in [0.29, 0.717) is 34.5 Å². The minimum atomic E-state index is -1.14.